The molecule has 2 nitrogen and oxygen atoms in total. The fourth-order valence-electron chi connectivity index (χ4n) is 6.90. The minimum absolute atomic E-state index is 0.397. The molecule has 356 valence electrons. The smallest absolute Gasteiger partial charge is 0.0467 e. The van der Waals surface area contributed by atoms with Crippen molar-refractivity contribution in [2.45, 2.75) is 115 Å². The molecule has 0 saturated carbocycles. The fraction of sp³-hybridized carbons (Fsp3) is 0.262. The minimum Gasteiger partial charge on any atom is -0.360 e. The van der Waals surface area contributed by atoms with Crippen molar-refractivity contribution >= 4 is 34.3 Å². The number of allylic oxidation sites excluding steroid dienone is 14. The molecule has 0 aliphatic heterocycles. The Labute approximate surface area is 410 Å². The molecule has 2 atom stereocenters. The number of nitrogens with one attached hydrogen (secondary N) is 2. The van der Waals surface area contributed by atoms with Gasteiger partial charge in [-0.25, -0.2) is 0 Å². The molecule has 2 aliphatic carbocycles. The van der Waals surface area contributed by atoms with Crippen molar-refractivity contribution in [3.8, 4) is 0 Å². The van der Waals surface area contributed by atoms with Crippen LogP contribution in [0.15, 0.2) is 225 Å². The third-order valence-corrected chi connectivity index (χ3v) is 10.0. The number of benzene rings is 5. The van der Waals surface area contributed by atoms with Gasteiger partial charge in [-0.3, -0.25) is 0 Å². The Balaban J connectivity index is 0.000000944. The molecular formula is C65H86N2. The van der Waals surface area contributed by atoms with Gasteiger partial charge in [0.2, 0.25) is 0 Å². The van der Waals surface area contributed by atoms with Crippen molar-refractivity contribution in [1.29, 1.82) is 0 Å². The van der Waals surface area contributed by atoms with Crippen LogP contribution >= 0.6 is 0 Å². The number of fused-ring (bicyclic) bond motifs is 4. The molecule has 2 heteroatoms. The predicted octanol–water partition coefficient (Wildman–Crippen LogP) is 20.3. The topological polar surface area (TPSA) is 24.1 Å². The number of hydrogen-bond donors (Lipinski definition) is 2. The monoisotopic (exact) mass is 895 g/mol. The van der Waals surface area contributed by atoms with Crippen molar-refractivity contribution in [1.82, 2.24) is 5.32 Å². The Hall–Kier alpha value is -6.64. The standard InChI is InChI=1S/C27H27N.C16H19N.C7H10.C6H6.C3H6.3C2H6/c1-5-6-7-10-21-13-15-22(16-14-21)28-26-17-25-19(3)18(2)20(4)27(25)24-12-9-8-11-23(24)26;1-3-6-13(2)17-16-11-9-14-7-4-5-8-15(14)10-12-16;1-3-5-7-6-4-2;1-2-4-6-5-3-1;1-3-2;3*1-2/h5-17,19-20,28H,2H2,1,3-4H3;4-9,11-12,17H,3,10H2,1-2H3;3-7H,1H2,2H3;1-6H;3H,1H2,2H3;3*1-2H3/b6-5-,10-7-;13-6+;6-4-,7-5-;;;;;. The van der Waals surface area contributed by atoms with Gasteiger partial charge in [0.15, 0.2) is 0 Å². The summed E-state index contributed by atoms with van der Waals surface area (Å²) in [4.78, 5) is 0. The van der Waals surface area contributed by atoms with Crippen LogP contribution in [-0.4, -0.2) is 0 Å². The Morgan fingerprint density at radius 1 is 0.657 bits per heavy atom. The first-order valence-electron chi connectivity index (χ1n) is 24.5. The van der Waals surface area contributed by atoms with E-state index in [2.05, 4.69) is 173 Å². The Morgan fingerprint density at radius 2 is 1.21 bits per heavy atom. The second-order valence-electron chi connectivity index (χ2n) is 14.6. The highest BCUT2D eigenvalue weighted by Crippen LogP contribution is 2.49. The molecule has 5 aromatic carbocycles. The molecule has 0 heterocycles. The average molecular weight is 895 g/mol. The van der Waals surface area contributed by atoms with Gasteiger partial charge in [0, 0.05) is 40.0 Å². The number of rotatable bonds is 9. The van der Waals surface area contributed by atoms with Gasteiger partial charge in [0.25, 0.3) is 0 Å². The van der Waals surface area contributed by atoms with Crippen molar-refractivity contribution in [3.63, 3.8) is 0 Å². The molecule has 5 aromatic rings. The molecule has 2 unspecified atom stereocenters. The number of anilines is 2. The van der Waals surface area contributed by atoms with E-state index in [9.17, 15) is 0 Å². The molecule has 67 heavy (non-hydrogen) atoms. The summed E-state index contributed by atoms with van der Waals surface area (Å²) in [5.74, 6) is 0.807. The highest BCUT2D eigenvalue weighted by Gasteiger charge is 2.31. The molecule has 0 spiro atoms. The lowest BCUT2D eigenvalue weighted by Gasteiger charge is -2.16. The van der Waals surface area contributed by atoms with Crippen LogP contribution in [0.1, 0.15) is 136 Å². The van der Waals surface area contributed by atoms with Gasteiger partial charge in [-0.05, 0) is 98.0 Å². The molecule has 0 bridgehead atoms. The molecule has 0 fully saturated rings. The lowest BCUT2D eigenvalue weighted by Crippen LogP contribution is -2.08. The summed E-state index contributed by atoms with van der Waals surface area (Å²) in [7, 11) is 0. The van der Waals surface area contributed by atoms with Crippen LogP contribution < -0.4 is 10.6 Å². The van der Waals surface area contributed by atoms with Crippen molar-refractivity contribution in [3.05, 3.63) is 253 Å². The van der Waals surface area contributed by atoms with Gasteiger partial charge in [-0.2, -0.15) is 0 Å². The SMILES string of the molecule is C=C/C=C\C=C/C.C=C1C(C)c2cc(Nc3ccc(/C=C\C=C/C)cc3)c3ccccc3c2C1C.C=CC.CC.CC.CC.CC/C=C(\C)NC1=CCc2ccccc2C=C1.c1ccccc1. The summed E-state index contributed by atoms with van der Waals surface area (Å²) < 4.78 is 0. The second-order valence-corrected chi connectivity index (χ2v) is 14.6. The lowest BCUT2D eigenvalue weighted by molar-refractivity contribution is 0.856. The zero-order chi connectivity index (χ0) is 50.2. The Kier molecular flexibility index (Phi) is 34.8. The summed E-state index contributed by atoms with van der Waals surface area (Å²) in [6.45, 7) is 37.9. The maximum absolute atomic E-state index is 4.36. The predicted molar refractivity (Wildman–Crippen MR) is 308 cm³/mol. The van der Waals surface area contributed by atoms with Gasteiger partial charge in [0.05, 0.1) is 0 Å². The molecule has 0 amide bonds. The average Bonchev–Trinajstić information content (AvgIpc) is 3.47. The van der Waals surface area contributed by atoms with Crippen LogP contribution in [0.2, 0.25) is 0 Å². The molecule has 0 aromatic heterocycles. The fourth-order valence-corrected chi connectivity index (χ4v) is 6.90. The molecule has 0 saturated heterocycles. The quantitative estimate of drug-likeness (QED) is 0.114. The van der Waals surface area contributed by atoms with Crippen LogP contribution in [0, 0.1) is 0 Å². The van der Waals surface area contributed by atoms with E-state index < -0.39 is 0 Å². The minimum atomic E-state index is 0.397. The summed E-state index contributed by atoms with van der Waals surface area (Å²) in [6.07, 6.45) is 30.3. The second kappa shape index (κ2) is 38.6. The van der Waals surface area contributed by atoms with Gasteiger partial charge >= 0.3 is 0 Å². The normalized spacial score (nSPS) is 14.1. The first kappa shape index (κ1) is 60.4. The van der Waals surface area contributed by atoms with E-state index in [4.69, 9.17) is 0 Å². The molecule has 2 N–H and O–H groups in total. The van der Waals surface area contributed by atoms with Crippen LogP contribution in [0.4, 0.5) is 11.4 Å². The van der Waals surface area contributed by atoms with E-state index in [1.165, 1.54) is 61.2 Å². The zero-order valence-electron chi connectivity index (χ0n) is 43.7. The molecule has 2 aliphatic rings. The van der Waals surface area contributed by atoms with Crippen LogP contribution in [0.3, 0.4) is 0 Å². The maximum Gasteiger partial charge on any atom is 0.0467 e. The lowest BCUT2D eigenvalue weighted by atomic mass is 9.94. The third kappa shape index (κ3) is 22.4. The molecular weight excluding hydrogens is 809 g/mol. The highest BCUT2D eigenvalue weighted by molar-refractivity contribution is 6.00. The van der Waals surface area contributed by atoms with E-state index in [1.54, 1.807) is 12.2 Å². The number of hydrogen-bond acceptors (Lipinski definition) is 2. The summed E-state index contributed by atoms with van der Waals surface area (Å²) in [5, 5.41) is 9.69. The zero-order valence-corrected chi connectivity index (χ0v) is 43.7. The van der Waals surface area contributed by atoms with Gasteiger partial charge in [-0.1, -0.05) is 257 Å². The summed E-state index contributed by atoms with van der Waals surface area (Å²) >= 11 is 0. The summed E-state index contributed by atoms with van der Waals surface area (Å²) in [5.41, 5.74) is 12.7. The largest absolute Gasteiger partial charge is 0.360 e. The van der Waals surface area contributed by atoms with E-state index in [0.29, 0.717) is 11.8 Å². The molecule has 7 rings (SSSR count). The molecule has 0 radical (unpaired) electrons. The Morgan fingerprint density at radius 3 is 1.78 bits per heavy atom. The van der Waals surface area contributed by atoms with Crippen LogP contribution in [-0.2, 0) is 6.42 Å². The third-order valence-electron chi connectivity index (χ3n) is 10.0. The first-order valence-corrected chi connectivity index (χ1v) is 24.5. The van der Waals surface area contributed by atoms with Gasteiger partial charge < -0.3 is 10.6 Å². The van der Waals surface area contributed by atoms with Crippen LogP contribution in [0.25, 0.3) is 22.9 Å². The highest BCUT2D eigenvalue weighted by atomic mass is 14.9. The van der Waals surface area contributed by atoms with E-state index in [0.717, 1.165) is 18.5 Å². The van der Waals surface area contributed by atoms with Crippen molar-refractivity contribution in [2.75, 3.05) is 5.32 Å². The Bertz CT molecular complexity index is 2300. The van der Waals surface area contributed by atoms with Crippen molar-refractivity contribution < 1.29 is 0 Å². The van der Waals surface area contributed by atoms with Gasteiger partial charge in [-0.15, -0.1) is 6.58 Å². The van der Waals surface area contributed by atoms with Crippen molar-refractivity contribution in [2.24, 2.45) is 0 Å². The van der Waals surface area contributed by atoms with Gasteiger partial charge in [0.1, 0.15) is 0 Å². The van der Waals surface area contributed by atoms with E-state index in [-0.39, 0.29) is 0 Å². The van der Waals surface area contributed by atoms with Crippen LogP contribution in [0.5, 0.6) is 0 Å². The van der Waals surface area contributed by atoms with E-state index in [1.807, 2.05) is 135 Å². The summed E-state index contributed by atoms with van der Waals surface area (Å²) in [6, 6.07) is 40.1. The maximum atomic E-state index is 4.36. The van der Waals surface area contributed by atoms with E-state index >= 15 is 0 Å². The first-order chi connectivity index (χ1) is 32.7.